The number of nitrogens with one attached hydrogen (secondary N) is 2. The number of benzene rings is 2. The lowest BCUT2D eigenvalue weighted by Gasteiger charge is -2.14. The van der Waals surface area contributed by atoms with E-state index in [1.54, 1.807) is 42.5 Å². The van der Waals surface area contributed by atoms with Gasteiger partial charge in [-0.25, -0.2) is 4.79 Å². The minimum atomic E-state index is -0.416. The lowest BCUT2D eigenvalue weighted by atomic mass is 10.2. The van der Waals surface area contributed by atoms with Crippen molar-refractivity contribution >= 4 is 35.1 Å². The average molecular weight is 366 g/mol. The van der Waals surface area contributed by atoms with E-state index in [1.165, 1.54) is 4.57 Å². The van der Waals surface area contributed by atoms with Crippen LogP contribution in [0.3, 0.4) is 0 Å². The Balaban J connectivity index is 1.79. The number of carbonyl (C=O) groups excluding carboxylic acids is 2. The van der Waals surface area contributed by atoms with Crippen molar-refractivity contribution in [2.45, 2.75) is 6.54 Å². The van der Waals surface area contributed by atoms with Gasteiger partial charge in [0.05, 0.1) is 29.7 Å². The molecule has 7 nitrogen and oxygen atoms in total. The van der Waals surface area contributed by atoms with Gasteiger partial charge in [-0.15, -0.1) is 0 Å². The van der Waals surface area contributed by atoms with Crippen molar-refractivity contribution in [2.24, 2.45) is 0 Å². The van der Waals surface area contributed by atoms with Crippen molar-refractivity contribution in [3.8, 4) is 5.69 Å². The predicted octanol–water partition coefficient (Wildman–Crippen LogP) is 2.10. The van der Waals surface area contributed by atoms with Crippen LogP contribution in [0.4, 0.5) is 4.79 Å². The Labute approximate surface area is 152 Å². The molecule has 4 rings (SSSR count). The number of urea groups is 1. The zero-order valence-electron chi connectivity index (χ0n) is 13.6. The normalized spacial score (nSPS) is 14.1. The highest BCUT2D eigenvalue weighted by Crippen LogP contribution is 2.15. The number of fused-ring (bicyclic) bond motifs is 1. The van der Waals surface area contributed by atoms with E-state index in [9.17, 15) is 14.4 Å². The van der Waals surface area contributed by atoms with E-state index in [1.807, 2.05) is 6.07 Å². The molecule has 1 fully saturated rings. The summed E-state index contributed by atoms with van der Waals surface area (Å²) >= 11 is 5.35. The number of H-pyrrole nitrogens is 1. The van der Waals surface area contributed by atoms with E-state index in [4.69, 9.17) is 12.2 Å². The van der Waals surface area contributed by atoms with E-state index in [2.05, 4.69) is 10.3 Å². The number of hydrogen-bond acceptors (Lipinski definition) is 4. The quantitative estimate of drug-likeness (QED) is 0.549. The first-order chi connectivity index (χ1) is 12.5. The zero-order chi connectivity index (χ0) is 18.3. The van der Waals surface area contributed by atoms with E-state index >= 15 is 0 Å². The van der Waals surface area contributed by atoms with Crippen LogP contribution in [0.25, 0.3) is 16.6 Å². The summed E-state index contributed by atoms with van der Waals surface area (Å²) in [7, 11) is 0. The fourth-order valence-electron chi connectivity index (χ4n) is 2.99. The summed E-state index contributed by atoms with van der Waals surface area (Å²) in [5.41, 5.74) is 1.75. The van der Waals surface area contributed by atoms with Gasteiger partial charge in [-0.05, 0) is 42.0 Å². The maximum atomic E-state index is 12.9. The number of nitrogens with zero attached hydrogens (tertiary/aromatic N) is 2. The molecule has 0 bridgehead atoms. The number of hydrogen-bond donors (Lipinski definition) is 2. The third-order valence-corrected chi connectivity index (χ3v) is 4.54. The molecule has 0 aliphatic carbocycles. The van der Waals surface area contributed by atoms with Crippen LogP contribution in [0.1, 0.15) is 5.56 Å². The van der Waals surface area contributed by atoms with Crippen LogP contribution in [0, 0.1) is 4.77 Å². The van der Waals surface area contributed by atoms with E-state index in [0.29, 0.717) is 16.6 Å². The van der Waals surface area contributed by atoms with Crippen molar-refractivity contribution in [3.05, 3.63) is 69.2 Å². The van der Waals surface area contributed by atoms with E-state index < -0.39 is 6.03 Å². The van der Waals surface area contributed by atoms with Gasteiger partial charge < -0.3 is 10.3 Å². The predicted molar refractivity (Wildman–Crippen MR) is 98.7 cm³/mol. The number of para-hydroxylation sites is 1. The zero-order valence-corrected chi connectivity index (χ0v) is 14.4. The highest BCUT2D eigenvalue weighted by molar-refractivity contribution is 7.71. The van der Waals surface area contributed by atoms with Crippen LogP contribution >= 0.6 is 12.2 Å². The maximum absolute atomic E-state index is 12.9. The number of imide groups is 1. The Morgan fingerprint density at radius 2 is 1.85 bits per heavy atom. The van der Waals surface area contributed by atoms with Gasteiger partial charge in [-0.3, -0.25) is 19.1 Å². The first-order valence-electron chi connectivity index (χ1n) is 7.96. The van der Waals surface area contributed by atoms with Crippen molar-refractivity contribution in [2.75, 3.05) is 6.54 Å². The summed E-state index contributed by atoms with van der Waals surface area (Å²) in [4.78, 5) is 40.5. The highest BCUT2D eigenvalue weighted by Gasteiger charge is 2.28. The molecule has 8 heteroatoms. The number of amides is 3. The summed E-state index contributed by atoms with van der Waals surface area (Å²) in [6.45, 7) is 0.144. The first-order valence-corrected chi connectivity index (χ1v) is 8.37. The summed E-state index contributed by atoms with van der Waals surface area (Å²) in [6.07, 6.45) is 0. The molecule has 1 aliphatic heterocycles. The second-order valence-electron chi connectivity index (χ2n) is 5.92. The third-order valence-electron chi connectivity index (χ3n) is 4.25. The van der Waals surface area contributed by atoms with E-state index in [-0.39, 0.29) is 29.3 Å². The van der Waals surface area contributed by atoms with Gasteiger partial charge in [0.15, 0.2) is 4.77 Å². The van der Waals surface area contributed by atoms with Gasteiger partial charge in [0.1, 0.15) is 0 Å². The van der Waals surface area contributed by atoms with Crippen LogP contribution in [-0.4, -0.2) is 32.9 Å². The van der Waals surface area contributed by atoms with Crippen molar-refractivity contribution in [1.29, 1.82) is 0 Å². The molecular weight excluding hydrogens is 352 g/mol. The second-order valence-corrected chi connectivity index (χ2v) is 6.31. The number of aromatic nitrogens is 2. The Morgan fingerprint density at radius 3 is 2.62 bits per heavy atom. The lowest BCUT2D eigenvalue weighted by Crippen LogP contribution is -2.30. The third kappa shape index (κ3) is 2.70. The first kappa shape index (κ1) is 16.2. The topological polar surface area (TPSA) is 87.2 Å². The van der Waals surface area contributed by atoms with Gasteiger partial charge in [-0.2, -0.15) is 0 Å². The summed E-state index contributed by atoms with van der Waals surface area (Å²) < 4.78 is 1.69. The summed E-state index contributed by atoms with van der Waals surface area (Å²) in [5, 5.41) is 3.01. The Hall–Kier alpha value is -3.26. The van der Waals surface area contributed by atoms with Gasteiger partial charge >= 0.3 is 6.03 Å². The standard InChI is InChI=1S/C18H14N4O3S/c23-15-9-19-17(25)21(15)10-11-4-3-5-12(8-11)22-16(24)13-6-1-2-7-14(13)20-18(22)26/h1-8H,9-10H2,(H,19,25)(H,20,26). The number of aromatic amines is 1. The molecule has 2 N–H and O–H groups in total. The molecule has 3 aromatic rings. The Bertz CT molecular complexity index is 1150. The monoisotopic (exact) mass is 366 g/mol. The van der Waals surface area contributed by atoms with Gasteiger partial charge in [0, 0.05) is 0 Å². The Morgan fingerprint density at radius 1 is 1.04 bits per heavy atom. The van der Waals surface area contributed by atoms with Gasteiger partial charge in [0.25, 0.3) is 5.56 Å². The molecule has 3 amide bonds. The van der Waals surface area contributed by atoms with Crippen LogP contribution in [0.15, 0.2) is 53.3 Å². The Kier molecular flexibility index (Phi) is 3.89. The average Bonchev–Trinajstić information content (AvgIpc) is 2.94. The minimum absolute atomic E-state index is 0.00786. The van der Waals surface area contributed by atoms with Crippen LogP contribution < -0.4 is 10.9 Å². The molecule has 2 aromatic carbocycles. The fourth-order valence-corrected chi connectivity index (χ4v) is 3.29. The molecule has 0 saturated carbocycles. The molecule has 26 heavy (non-hydrogen) atoms. The smallest absolute Gasteiger partial charge is 0.324 e. The molecule has 2 heterocycles. The molecule has 1 saturated heterocycles. The number of carbonyl (C=O) groups is 2. The number of rotatable bonds is 3. The molecule has 0 radical (unpaired) electrons. The van der Waals surface area contributed by atoms with Crippen LogP contribution in [0.5, 0.6) is 0 Å². The maximum Gasteiger partial charge on any atom is 0.324 e. The minimum Gasteiger partial charge on any atom is -0.331 e. The molecule has 0 atom stereocenters. The van der Waals surface area contributed by atoms with Crippen molar-refractivity contribution in [1.82, 2.24) is 19.8 Å². The van der Waals surface area contributed by atoms with Crippen molar-refractivity contribution < 1.29 is 9.59 Å². The largest absolute Gasteiger partial charge is 0.331 e. The molecule has 0 spiro atoms. The summed E-state index contributed by atoms with van der Waals surface area (Å²) in [5.74, 6) is -0.277. The van der Waals surface area contributed by atoms with Crippen LogP contribution in [-0.2, 0) is 11.3 Å². The van der Waals surface area contributed by atoms with Crippen LogP contribution in [0.2, 0.25) is 0 Å². The van der Waals surface area contributed by atoms with Gasteiger partial charge in [-0.1, -0.05) is 24.3 Å². The lowest BCUT2D eigenvalue weighted by molar-refractivity contribution is -0.125. The molecule has 130 valence electrons. The highest BCUT2D eigenvalue weighted by atomic mass is 32.1. The SMILES string of the molecule is O=C1CNC(=O)N1Cc1cccc(-n2c(=S)[nH]c3ccccc3c2=O)c1. The fraction of sp³-hybridized carbons (Fsp3) is 0.111. The molecule has 0 unspecified atom stereocenters. The second kappa shape index (κ2) is 6.23. The van der Waals surface area contributed by atoms with Gasteiger partial charge in [0.2, 0.25) is 5.91 Å². The van der Waals surface area contributed by atoms with Crippen molar-refractivity contribution in [3.63, 3.8) is 0 Å². The molecule has 1 aliphatic rings. The van der Waals surface area contributed by atoms with E-state index in [0.717, 1.165) is 10.5 Å². The summed E-state index contributed by atoms with van der Waals surface area (Å²) in [6, 6.07) is 13.8. The molecular formula is C18H14N4O3S. The molecule has 1 aromatic heterocycles.